The van der Waals surface area contributed by atoms with Crippen LogP contribution in [-0.4, -0.2) is 43.3 Å². The minimum Gasteiger partial charge on any atom is -0.449 e. The molecule has 0 aliphatic heterocycles. The molecule has 0 unspecified atom stereocenters. The van der Waals surface area contributed by atoms with Crippen molar-refractivity contribution in [3.05, 3.63) is 59.7 Å². The van der Waals surface area contributed by atoms with Crippen molar-refractivity contribution >= 4 is 18.5 Å². The zero-order valence-corrected chi connectivity index (χ0v) is 19.4. The van der Waals surface area contributed by atoms with Crippen LogP contribution in [0.15, 0.2) is 48.5 Å². The molecule has 2 aromatic carbocycles. The normalized spacial score (nSPS) is 13.4. The molecule has 7 heteroatoms. The highest BCUT2D eigenvalue weighted by molar-refractivity contribution is 5.79. The van der Waals surface area contributed by atoms with Gasteiger partial charge in [0, 0.05) is 12.5 Å². The fraction of sp³-hybridized carbons (Fsp3) is 0.423. The van der Waals surface area contributed by atoms with Crippen LogP contribution in [0.25, 0.3) is 11.1 Å². The van der Waals surface area contributed by atoms with E-state index in [1.165, 1.54) is 0 Å². The molecule has 1 aliphatic carbocycles. The van der Waals surface area contributed by atoms with Gasteiger partial charge in [-0.05, 0) is 62.3 Å². The van der Waals surface area contributed by atoms with Crippen LogP contribution in [0.3, 0.4) is 0 Å². The van der Waals surface area contributed by atoms with Gasteiger partial charge < -0.3 is 24.9 Å². The highest BCUT2D eigenvalue weighted by Gasteiger charge is 2.29. The number of unbranched alkanes of at least 4 members (excludes halogenated alkanes) is 1. The Morgan fingerprint density at radius 3 is 2.15 bits per heavy atom. The van der Waals surface area contributed by atoms with E-state index < -0.39 is 23.8 Å². The highest BCUT2D eigenvalue weighted by Crippen LogP contribution is 2.44. The Kier molecular flexibility index (Phi) is 8.09. The number of benzene rings is 2. The summed E-state index contributed by atoms with van der Waals surface area (Å²) >= 11 is 0. The van der Waals surface area contributed by atoms with Crippen molar-refractivity contribution in [1.82, 2.24) is 10.6 Å². The van der Waals surface area contributed by atoms with Crippen LogP contribution in [-0.2, 0) is 14.3 Å². The molecule has 33 heavy (non-hydrogen) atoms. The first kappa shape index (κ1) is 24.3. The summed E-state index contributed by atoms with van der Waals surface area (Å²) in [5.41, 5.74) is 4.05. The first-order valence-corrected chi connectivity index (χ1v) is 11.3. The molecule has 0 spiro atoms. The van der Waals surface area contributed by atoms with Gasteiger partial charge in [0.15, 0.2) is 0 Å². The predicted molar refractivity (Wildman–Crippen MR) is 126 cm³/mol. The van der Waals surface area contributed by atoms with Crippen LogP contribution in [0.4, 0.5) is 9.59 Å². The lowest BCUT2D eigenvalue weighted by atomic mass is 9.98. The third kappa shape index (κ3) is 6.81. The van der Waals surface area contributed by atoms with Crippen molar-refractivity contribution in [3.63, 3.8) is 0 Å². The molecule has 0 aromatic heterocycles. The summed E-state index contributed by atoms with van der Waals surface area (Å²) in [7, 11) is 0. The second kappa shape index (κ2) is 11.0. The van der Waals surface area contributed by atoms with Gasteiger partial charge >= 0.3 is 12.2 Å². The number of hydrogen-bond acceptors (Lipinski definition) is 5. The molecule has 2 aromatic rings. The molecular formula is C26H32N2O5. The summed E-state index contributed by atoms with van der Waals surface area (Å²) < 4.78 is 10.7. The largest absolute Gasteiger partial charge is 0.449 e. The summed E-state index contributed by atoms with van der Waals surface area (Å²) in [6.45, 7) is 6.04. The van der Waals surface area contributed by atoms with E-state index in [9.17, 15) is 14.4 Å². The minimum atomic E-state index is -0.637. The standard InChI is InChI=1S/C26H32N2O5/c1-26(2,3)33-24(30)27-15-9-8-10-18(16-29)28-25(31)32-17-23-21-13-6-4-11-19(21)20-12-5-7-14-22(20)23/h4-7,11-14,16,18,23H,8-10,15,17H2,1-3H3,(H,27,30)(H,28,31)/t18-/m0/s1. The number of hydrogen-bond donors (Lipinski definition) is 2. The Balaban J connectivity index is 1.42. The SMILES string of the molecule is CC(C)(C)OC(=O)NCCCC[C@@H](C=O)NC(=O)OCC1c2ccccc2-c2ccccc21. The summed E-state index contributed by atoms with van der Waals surface area (Å²) in [4.78, 5) is 35.4. The van der Waals surface area contributed by atoms with E-state index in [-0.39, 0.29) is 12.5 Å². The van der Waals surface area contributed by atoms with E-state index in [0.29, 0.717) is 32.1 Å². The van der Waals surface area contributed by atoms with Crippen molar-refractivity contribution in [2.45, 2.75) is 57.6 Å². The van der Waals surface area contributed by atoms with Crippen molar-refractivity contribution in [3.8, 4) is 11.1 Å². The van der Waals surface area contributed by atoms with Crippen LogP contribution in [0.2, 0.25) is 0 Å². The van der Waals surface area contributed by atoms with Gasteiger partial charge in [-0.25, -0.2) is 9.59 Å². The number of carbonyl (C=O) groups excluding carboxylic acids is 3. The molecule has 1 atom stereocenters. The molecule has 2 amide bonds. The van der Waals surface area contributed by atoms with E-state index in [2.05, 4.69) is 34.9 Å². The second-order valence-corrected chi connectivity index (χ2v) is 9.14. The van der Waals surface area contributed by atoms with Crippen molar-refractivity contribution in [1.29, 1.82) is 0 Å². The van der Waals surface area contributed by atoms with Crippen molar-refractivity contribution in [2.75, 3.05) is 13.2 Å². The number of fused-ring (bicyclic) bond motifs is 3. The van der Waals surface area contributed by atoms with Gasteiger partial charge in [-0.2, -0.15) is 0 Å². The number of nitrogens with one attached hydrogen (secondary N) is 2. The fourth-order valence-corrected chi connectivity index (χ4v) is 3.96. The van der Waals surface area contributed by atoms with Gasteiger partial charge in [-0.15, -0.1) is 0 Å². The number of amides is 2. The van der Waals surface area contributed by atoms with Crippen molar-refractivity contribution in [2.24, 2.45) is 0 Å². The van der Waals surface area contributed by atoms with E-state index in [4.69, 9.17) is 9.47 Å². The van der Waals surface area contributed by atoms with Gasteiger partial charge in [-0.1, -0.05) is 48.5 Å². The molecule has 0 saturated carbocycles. The maximum Gasteiger partial charge on any atom is 0.407 e. The lowest BCUT2D eigenvalue weighted by Crippen LogP contribution is -2.37. The maximum atomic E-state index is 12.3. The van der Waals surface area contributed by atoms with E-state index in [1.807, 2.05) is 24.3 Å². The van der Waals surface area contributed by atoms with Gasteiger partial charge in [0.1, 0.15) is 18.5 Å². The zero-order chi connectivity index (χ0) is 23.8. The molecule has 0 fully saturated rings. The molecule has 0 bridgehead atoms. The topological polar surface area (TPSA) is 93.7 Å². The number of ether oxygens (including phenoxy) is 2. The second-order valence-electron chi connectivity index (χ2n) is 9.14. The first-order chi connectivity index (χ1) is 15.8. The maximum absolute atomic E-state index is 12.3. The molecule has 2 N–H and O–H groups in total. The summed E-state index contributed by atoms with van der Waals surface area (Å²) in [6.07, 6.45) is 1.41. The Morgan fingerprint density at radius 1 is 0.970 bits per heavy atom. The lowest BCUT2D eigenvalue weighted by molar-refractivity contribution is -0.109. The van der Waals surface area contributed by atoms with Gasteiger partial charge in [0.2, 0.25) is 0 Å². The van der Waals surface area contributed by atoms with Crippen LogP contribution >= 0.6 is 0 Å². The molecule has 7 nitrogen and oxygen atoms in total. The Morgan fingerprint density at radius 2 is 1.58 bits per heavy atom. The monoisotopic (exact) mass is 452 g/mol. The highest BCUT2D eigenvalue weighted by atomic mass is 16.6. The van der Waals surface area contributed by atoms with Crippen LogP contribution in [0.5, 0.6) is 0 Å². The van der Waals surface area contributed by atoms with Crippen LogP contribution in [0.1, 0.15) is 57.1 Å². The molecule has 176 valence electrons. The Bertz CT molecular complexity index is 937. The molecule has 0 saturated heterocycles. The average Bonchev–Trinajstić information content (AvgIpc) is 3.09. The molecule has 1 aliphatic rings. The Labute approximate surface area is 194 Å². The molecule has 0 heterocycles. The van der Waals surface area contributed by atoms with E-state index >= 15 is 0 Å². The quantitative estimate of drug-likeness (QED) is 0.422. The third-order valence-corrected chi connectivity index (χ3v) is 5.42. The average molecular weight is 453 g/mol. The Hall–Kier alpha value is -3.35. The number of carbonyl (C=O) groups is 3. The number of alkyl carbamates (subject to hydrolysis) is 2. The van der Waals surface area contributed by atoms with Crippen LogP contribution in [0, 0.1) is 0 Å². The molecule has 3 rings (SSSR count). The smallest absolute Gasteiger partial charge is 0.407 e. The summed E-state index contributed by atoms with van der Waals surface area (Å²) in [6, 6.07) is 15.6. The van der Waals surface area contributed by atoms with Gasteiger partial charge in [0.25, 0.3) is 0 Å². The molecule has 0 radical (unpaired) electrons. The predicted octanol–water partition coefficient (Wildman–Crippen LogP) is 4.79. The van der Waals surface area contributed by atoms with E-state index in [0.717, 1.165) is 22.3 Å². The summed E-state index contributed by atoms with van der Waals surface area (Å²) in [5, 5.41) is 5.31. The zero-order valence-electron chi connectivity index (χ0n) is 19.4. The van der Waals surface area contributed by atoms with Crippen molar-refractivity contribution < 1.29 is 23.9 Å². The fourth-order valence-electron chi connectivity index (χ4n) is 3.96. The van der Waals surface area contributed by atoms with Gasteiger partial charge in [-0.3, -0.25) is 0 Å². The molecular weight excluding hydrogens is 420 g/mol. The first-order valence-electron chi connectivity index (χ1n) is 11.3. The third-order valence-electron chi connectivity index (χ3n) is 5.42. The van der Waals surface area contributed by atoms with Gasteiger partial charge in [0.05, 0.1) is 6.04 Å². The lowest BCUT2D eigenvalue weighted by Gasteiger charge is -2.19. The minimum absolute atomic E-state index is 0.0308. The van der Waals surface area contributed by atoms with Crippen LogP contribution < -0.4 is 10.6 Å². The number of rotatable bonds is 9. The summed E-state index contributed by atoms with van der Waals surface area (Å²) in [5.74, 6) is -0.0308. The number of aldehydes is 1. The van der Waals surface area contributed by atoms with E-state index in [1.54, 1.807) is 20.8 Å².